The first kappa shape index (κ1) is 13.0. The Morgan fingerprint density at radius 1 is 1.27 bits per heavy atom. The summed E-state index contributed by atoms with van der Waals surface area (Å²) in [6.07, 6.45) is 5.33. The third-order valence-corrected chi connectivity index (χ3v) is 3.61. The van der Waals surface area contributed by atoms with Crippen molar-refractivity contribution in [2.45, 2.75) is 52.5 Å². The summed E-state index contributed by atoms with van der Waals surface area (Å²) in [6.45, 7) is 12.0. The fourth-order valence-corrected chi connectivity index (χ4v) is 2.24. The second kappa shape index (κ2) is 7.24. The van der Waals surface area contributed by atoms with E-state index in [0.717, 1.165) is 5.92 Å². The van der Waals surface area contributed by atoms with E-state index in [0.29, 0.717) is 6.04 Å². The van der Waals surface area contributed by atoms with Crippen LogP contribution in [0.1, 0.15) is 46.5 Å². The lowest BCUT2D eigenvalue weighted by molar-refractivity contribution is 0.180. The van der Waals surface area contributed by atoms with Gasteiger partial charge < -0.3 is 10.2 Å². The van der Waals surface area contributed by atoms with E-state index in [1.807, 2.05) is 0 Å². The Labute approximate surface area is 95.4 Å². The highest BCUT2D eigenvalue weighted by Gasteiger charge is 2.18. The van der Waals surface area contributed by atoms with Gasteiger partial charge >= 0.3 is 0 Å². The molecule has 1 rings (SSSR count). The van der Waals surface area contributed by atoms with Gasteiger partial charge in [0.25, 0.3) is 0 Å². The van der Waals surface area contributed by atoms with Crippen LogP contribution in [-0.4, -0.2) is 37.1 Å². The predicted octanol–water partition coefficient (Wildman–Crippen LogP) is 2.50. The van der Waals surface area contributed by atoms with Crippen molar-refractivity contribution < 1.29 is 0 Å². The van der Waals surface area contributed by atoms with Crippen LogP contribution >= 0.6 is 0 Å². The summed E-state index contributed by atoms with van der Waals surface area (Å²) in [5, 5.41) is 3.63. The highest BCUT2D eigenvalue weighted by Crippen LogP contribution is 2.16. The van der Waals surface area contributed by atoms with E-state index in [2.05, 4.69) is 31.0 Å². The first-order valence-corrected chi connectivity index (χ1v) is 6.72. The second-order valence-electron chi connectivity index (χ2n) is 5.00. The Morgan fingerprint density at radius 2 is 1.93 bits per heavy atom. The third-order valence-electron chi connectivity index (χ3n) is 3.61. The lowest BCUT2D eigenvalue weighted by atomic mass is 9.96. The average molecular weight is 212 g/mol. The van der Waals surface area contributed by atoms with Crippen LogP contribution in [0.15, 0.2) is 0 Å². The summed E-state index contributed by atoms with van der Waals surface area (Å²) in [5.74, 6) is 0.923. The van der Waals surface area contributed by atoms with Crippen molar-refractivity contribution >= 4 is 0 Å². The lowest BCUT2D eigenvalue weighted by Crippen LogP contribution is -2.39. The smallest absolute Gasteiger partial charge is 0.00362 e. The van der Waals surface area contributed by atoms with Gasteiger partial charge in [0.1, 0.15) is 0 Å². The maximum atomic E-state index is 3.63. The molecule has 1 atom stereocenters. The topological polar surface area (TPSA) is 15.3 Å². The predicted molar refractivity (Wildman–Crippen MR) is 67.2 cm³/mol. The minimum atomic E-state index is 0.693. The van der Waals surface area contributed by atoms with Crippen molar-refractivity contribution in [3.8, 4) is 0 Å². The average Bonchev–Trinajstić information content (AvgIpc) is 2.28. The summed E-state index contributed by atoms with van der Waals surface area (Å²) < 4.78 is 0. The van der Waals surface area contributed by atoms with E-state index in [9.17, 15) is 0 Å². The molecule has 1 unspecified atom stereocenters. The molecule has 0 bridgehead atoms. The molecule has 1 aliphatic heterocycles. The second-order valence-corrected chi connectivity index (χ2v) is 5.00. The number of rotatable bonds is 6. The van der Waals surface area contributed by atoms with Crippen molar-refractivity contribution in [1.29, 1.82) is 0 Å². The molecule has 0 aliphatic carbocycles. The molecule has 0 aromatic carbocycles. The van der Waals surface area contributed by atoms with Gasteiger partial charge in [-0.15, -0.1) is 0 Å². The summed E-state index contributed by atoms with van der Waals surface area (Å²) in [6, 6.07) is 0.693. The first-order chi connectivity index (χ1) is 7.26. The molecule has 1 saturated heterocycles. The summed E-state index contributed by atoms with van der Waals surface area (Å²) in [7, 11) is 0. The maximum absolute atomic E-state index is 3.63. The molecule has 0 aromatic heterocycles. The van der Waals surface area contributed by atoms with Crippen LogP contribution in [0.25, 0.3) is 0 Å². The van der Waals surface area contributed by atoms with Gasteiger partial charge in [-0.2, -0.15) is 0 Å². The maximum Gasteiger partial charge on any atom is 0.00362 e. The monoisotopic (exact) mass is 212 g/mol. The largest absolute Gasteiger partial charge is 0.314 e. The standard InChI is InChI=1S/C13H28N2/c1-4-8-15-9-6-13(7-10-15)11-14-12(3)5-2/h12-14H,4-11H2,1-3H3. The molecule has 2 nitrogen and oxygen atoms in total. The molecule has 1 N–H and O–H groups in total. The summed E-state index contributed by atoms with van der Waals surface area (Å²) >= 11 is 0. The Morgan fingerprint density at radius 3 is 2.47 bits per heavy atom. The van der Waals surface area contributed by atoms with E-state index >= 15 is 0 Å². The molecule has 90 valence electrons. The SMILES string of the molecule is CCCN1CCC(CNC(C)CC)CC1. The van der Waals surface area contributed by atoms with Crippen LogP contribution in [0.4, 0.5) is 0 Å². The molecule has 0 aromatic rings. The van der Waals surface area contributed by atoms with Crippen LogP contribution in [0.2, 0.25) is 0 Å². The highest BCUT2D eigenvalue weighted by molar-refractivity contribution is 4.74. The number of nitrogens with zero attached hydrogens (tertiary/aromatic N) is 1. The number of hydrogen-bond donors (Lipinski definition) is 1. The Hall–Kier alpha value is -0.0800. The molecular formula is C13H28N2. The molecule has 15 heavy (non-hydrogen) atoms. The Bertz CT molecular complexity index is 151. The fraction of sp³-hybridized carbons (Fsp3) is 1.00. The molecule has 1 heterocycles. The summed E-state index contributed by atoms with van der Waals surface area (Å²) in [4.78, 5) is 2.61. The fourth-order valence-electron chi connectivity index (χ4n) is 2.24. The van der Waals surface area contributed by atoms with Crippen molar-refractivity contribution in [2.24, 2.45) is 5.92 Å². The quantitative estimate of drug-likeness (QED) is 0.728. The van der Waals surface area contributed by atoms with Gasteiger partial charge in [0.15, 0.2) is 0 Å². The van der Waals surface area contributed by atoms with Gasteiger partial charge in [-0.1, -0.05) is 13.8 Å². The zero-order chi connectivity index (χ0) is 11.1. The molecule has 0 spiro atoms. The van der Waals surface area contributed by atoms with Gasteiger partial charge in [0.05, 0.1) is 0 Å². The van der Waals surface area contributed by atoms with Gasteiger partial charge in [-0.25, -0.2) is 0 Å². The minimum absolute atomic E-state index is 0.693. The van der Waals surface area contributed by atoms with Crippen molar-refractivity contribution in [2.75, 3.05) is 26.2 Å². The lowest BCUT2D eigenvalue weighted by Gasteiger charge is -2.32. The molecule has 0 radical (unpaired) electrons. The van der Waals surface area contributed by atoms with Crippen LogP contribution in [0.5, 0.6) is 0 Å². The van der Waals surface area contributed by atoms with E-state index in [1.165, 1.54) is 51.9 Å². The number of hydrogen-bond acceptors (Lipinski definition) is 2. The van der Waals surface area contributed by atoms with Crippen molar-refractivity contribution in [3.05, 3.63) is 0 Å². The Kier molecular flexibility index (Phi) is 6.26. The molecule has 2 heteroatoms. The van der Waals surface area contributed by atoms with Gasteiger partial charge in [0, 0.05) is 6.04 Å². The normalized spacial score (nSPS) is 21.8. The van der Waals surface area contributed by atoms with E-state index < -0.39 is 0 Å². The zero-order valence-electron chi connectivity index (χ0n) is 10.8. The third kappa shape index (κ3) is 4.98. The van der Waals surface area contributed by atoms with Crippen LogP contribution in [-0.2, 0) is 0 Å². The van der Waals surface area contributed by atoms with E-state index in [-0.39, 0.29) is 0 Å². The number of piperidine rings is 1. The minimum Gasteiger partial charge on any atom is -0.314 e. The molecular weight excluding hydrogens is 184 g/mol. The number of nitrogens with one attached hydrogen (secondary N) is 1. The highest BCUT2D eigenvalue weighted by atomic mass is 15.1. The van der Waals surface area contributed by atoms with Crippen molar-refractivity contribution in [3.63, 3.8) is 0 Å². The molecule has 0 amide bonds. The molecule has 1 fully saturated rings. The van der Waals surface area contributed by atoms with Crippen LogP contribution in [0.3, 0.4) is 0 Å². The van der Waals surface area contributed by atoms with Crippen molar-refractivity contribution in [1.82, 2.24) is 10.2 Å². The number of likely N-dealkylation sites (tertiary alicyclic amines) is 1. The zero-order valence-corrected chi connectivity index (χ0v) is 10.8. The van der Waals surface area contributed by atoms with Gasteiger partial charge in [-0.05, 0) is 64.7 Å². The van der Waals surface area contributed by atoms with Gasteiger partial charge in [-0.3, -0.25) is 0 Å². The molecule has 0 saturated carbocycles. The summed E-state index contributed by atoms with van der Waals surface area (Å²) in [5.41, 5.74) is 0. The van der Waals surface area contributed by atoms with Gasteiger partial charge in [0.2, 0.25) is 0 Å². The van der Waals surface area contributed by atoms with Crippen LogP contribution < -0.4 is 5.32 Å². The molecule has 1 aliphatic rings. The first-order valence-electron chi connectivity index (χ1n) is 6.72. The Balaban J connectivity index is 2.09. The van der Waals surface area contributed by atoms with Crippen LogP contribution in [0, 0.1) is 5.92 Å². The van der Waals surface area contributed by atoms with E-state index in [4.69, 9.17) is 0 Å². The van der Waals surface area contributed by atoms with E-state index in [1.54, 1.807) is 0 Å².